The van der Waals surface area contributed by atoms with Crippen LogP contribution in [0.4, 0.5) is 23.2 Å². The summed E-state index contributed by atoms with van der Waals surface area (Å²) in [4.78, 5) is 11.1. The van der Waals surface area contributed by atoms with Crippen molar-refractivity contribution >= 4 is 39.2 Å². The molecule has 0 atom stereocenters. The predicted octanol–water partition coefficient (Wildman–Crippen LogP) is 7.42. The minimum Gasteiger partial charge on any atom is -0.478 e. The van der Waals surface area contributed by atoms with Gasteiger partial charge in [0.2, 0.25) is 0 Å². The van der Waals surface area contributed by atoms with Gasteiger partial charge in [-0.15, -0.1) is 0 Å². The van der Waals surface area contributed by atoms with E-state index in [2.05, 4.69) is 26.3 Å². The van der Waals surface area contributed by atoms with Gasteiger partial charge in [-0.2, -0.15) is 18.3 Å². The maximum Gasteiger partial charge on any atom is 0.416 e. The quantitative estimate of drug-likeness (QED) is 0.188. The van der Waals surface area contributed by atoms with E-state index in [-0.39, 0.29) is 22.8 Å². The zero-order chi connectivity index (χ0) is 25.3. The number of aromatic carboxylic acids is 1. The topological polar surface area (TPSA) is 67.2 Å². The van der Waals surface area contributed by atoms with Gasteiger partial charge in [-0.25, -0.2) is 13.9 Å². The zero-order valence-corrected chi connectivity index (χ0v) is 19.9. The summed E-state index contributed by atoms with van der Waals surface area (Å²) in [5.74, 6) is -1.74. The average Bonchev–Trinajstić information content (AvgIpc) is 3.26. The standard InChI is InChI=1S/C24H15BrClF4N3O2/c25-18-9-10-19(21(27)20(18)26)31-11-15-12-33(17-7-3-14(4-8-17)23(34)35)32-22(15)13-1-5-16(6-2-13)24(28,29)30/h1-10,12,31H,11H2,(H,34,35). The van der Waals surface area contributed by atoms with Crippen LogP contribution in [0.3, 0.4) is 0 Å². The summed E-state index contributed by atoms with van der Waals surface area (Å²) in [5, 5.41) is 16.5. The van der Waals surface area contributed by atoms with Crippen molar-refractivity contribution in [2.45, 2.75) is 12.7 Å². The maximum atomic E-state index is 14.5. The number of hydrogen-bond acceptors (Lipinski definition) is 3. The van der Waals surface area contributed by atoms with Crippen molar-refractivity contribution in [1.82, 2.24) is 9.78 Å². The summed E-state index contributed by atoms with van der Waals surface area (Å²) in [5.41, 5.74) is 1.32. The first-order valence-electron chi connectivity index (χ1n) is 10.0. The van der Waals surface area contributed by atoms with Crippen LogP contribution in [0.15, 0.2) is 71.3 Å². The molecule has 11 heteroatoms. The van der Waals surface area contributed by atoms with E-state index in [1.54, 1.807) is 24.4 Å². The molecule has 0 fully saturated rings. The van der Waals surface area contributed by atoms with Gasteiger partial charge in [0.05, 0.1) is 33.2 Å². The highest BCUT2D eigenvalue weighted by Gasteiger charge is 2.30. The van der Waals surface area contributed by atoms with Crippen molar-refractivity contribution in [3.05, 3.63) is 98.9 Å². The van der Waals surface area contributed by atoms with Crippen LogP contribution in [0.1, 0.15) is 21.5 Å². The van der Waals surface area contributed by atoms with Crippen LogP contribution in [0.25, 0.3) is 16.9 Å². The van der Waals surface area contributed by atoms with Crippen molar-refractivity contribution in [3.63, 3.8) is 0 Å². The Kier molecular flexibility index (Phi) is 6.86. The molecule has 4 aromatic rings. The fourth-order valence-corrected chi connectivity index (χ4v) is 3.81. The van der Waals surface area contributed by atoms with Gasteiger partial charge >= 0.3 is 12.1 Å². The number of halogens is 6. The first kappa shape index (κ1) is 24.7. The van der Waals surface area contributed by atoms with E-state index in [4.69, 9.17) is 16.7 Å². The number of anilines is 1. The molecule has 0 radical (unpaired) electrons. The fraction of sp³-hybridized carbons (Fsp3) is 0.0833. The molecule has 3 aromatic carbocycles. The summed E-state index contributed by atoms with van der Waals surface area (Å²) in [6.45, 7) is 0.0818. The molecule has 0 amide bonds. The summed E-state index contributed by atoms with van der Waals surface area (Å²) >= 11 is 9.10. The van der Waals surface area contributed by atoms with Gasteiger partial charge in [0, 0.05) is 28.3 Å². The van der Waals surface area contributed by atoms with Crippen LogP contribution in [0, 0.1) is 5.82 Å². The first-order chi connectivity index (χ1) is 16.5. The smallest absolute Gasteiger partial charge is 0.416 e. The van der Waals surface area contributed by atoms with E-state index in [1.165, 1.54) is 35.0 Å². The lowest BCUT2D eigenvalue weighted by Crippen LogP contribution is -2.04. The molecule has 2 N–H and O–H groups in total. The van der Waals surface area contributed by atoms with Gasteiger partial charge < -0.3 is 10.4 Å². The third kappa shape index (κ3) is 5.33. The van der Waals surface area contributed by atoms with Gasteiger partial charge in [0.15, 0.2) is 5.82 Å². The van der Waals surface area contributed by atoms with Gasteiger partial charge in [-0.05, 0) is 64.5 Å². The molecule has 180 valence electrons. The number of hydrogen-bond donors (Lipinski definition) is 2. The Hall–Kier alpha value is -3.37. The second-order valence-corrected chi connectivity index (χ2v) is 8.68. The largest absolute Gasteiger partial charge is 0.478 e. The number of carbonyl (C=O) groups is 1. The minimum absolute atomic E-state index is 0.0818. The number of alkyl halides is 3. The lowest BCUT2D eigenvalue weighted by molar-refractivity contribution is -0.137. The number of aromatic nitrogens is 2. The molecule has 0 saturated carbocycles. The number of rotatable bonds is 6. The molecular formula is C24H15BrClF4N3O2. The van der Waals surface area contributed by atoms with Gasteiger partial charge in [-0.1, -0.05) is 23.7 Å². The number of carboxylic acid groups (broad SMARTS) is 1. The third-order valence-corrected chi connectivity index (χ3v) is 6.42. The van der Waals surface area contributed by atoms with Crippen LogP contribution < -0.4 is 5.32 Å². The van der Waals surface area contributed by atoms with Crippen LogP contribution in [-0.4, -0.2) is 20.9 Å². The Morgan fingerprint density at radius 2 is 1.71 bits per heavy atom. The minimum atomic E-state index is -4.48. The maximum absolute atomic E-state index is 14.5. The number of benzene rings is 3. The molecule has 0 unspecified atom stereocenters. The van der Waals surface area contributed by atoms with E-state index in [1.807, 2.05) is 0 Å². The van der Waals surface area contributed by atoms with Gasteiger partial charge in [-0.3, -0.25) is 0 Å². The van der Waals surface area contributed by atoms with Crippen molar-refractivity contribution < 1.29 is 27.5 Å². The zero-order valence-electron chi connectivity index (χ0n) is 17.6. The Balaban J connectivity index is 1.72. The highest BCUT2D eigenvalue weighted by molar-refractivity contribution is 9.10. The van der Waals surface area contributed by atoms with Crippen LogP contribution in [-0.2, 0) is 12.7 Å². The molecule has 0 aliphatic heterocycles. The molecular weight excluding hydrogens is 554 g/mol. The Morgan fingerprint density at radius 1 is 1.06 bits per heavy atom. The summed E-state index contributed by atoms with van der Waals surface area (Å²) < 4.78 is 55.4. The van der Waals surface area contributed by atoms with Crippen molar-refractivity contribution in [2.24, 2.45) is 0 Å². The number of carboxylic acids is 1. The normalized spacial score (nSPS) is 11.5. The molecule has 5 nitrogen and oxygen atoms in total. The van der Waals surface area contributed by atoms with E-state index in [0.717, 1.165) is 12.1 Å². The molecule has 0 saturated heterocycles. The highest BCUT2D eigenvalue weighted by Crippen LogP contribution is 2.33. The fourth-order valence-electron chi connectivity index (χ4n) is 3.34. The van der Waals surface area contributed by atoms with Crippen molar-refractivity contribution in [1.29, 1.82) is 0 Å². The van der Waals surface area contributed by atoms with Crippen molar-refractivity contribution in [2.75, 3.05) is 5.32 Å². The predicted molar refractivity (Wildman–Crippen MR) is 127 cm³/mol. The first-order valence-corrected chi connectivity index (χ1v) is 11.2. The second kappa shape index (κ2) is 9.71. The second-order valence-electron chi connectivity index (χ2n) is 7.45. The van der Waals surface area contributed by atoms with E-state index in [9.17, 15) is 22.4 Å². The van der Waals surface area contributed by atoms with Crippen molar-refractivity contribution in [3.8, 4) is 16.9 Å². The number of nitrogens with one attached hydrogen (secondary N) is 1. The monoisotopic (exact) mass is 567 g/mol. The van der Waals surface area contributed by atoms with Crippen LogP contribution >= 0.6 is 27.5 Å². The number of nitrogens with zero attached hydrogens (tertiary/aromatic N) is 2. The van der Waals surface area contributed by atoms with Gasteiger partial charge in [0.25, 0.3) is 0 Å². The molecule has 35 heavy (non-hydrogen) atoms. The Bertz CT molecular complexity index is 1390. The van der Waals surface area contributed by atoms with E-state index >= 15 is 0 Å². The molecule has 4 rings (SSSR count). The molecule has 0 aliphatic rings. The van der Waals surface area contributed by atoms with Gasteiger partial charge in [0.1, 0.15) is 0 Å². The molecule has 0 aliphatic carbocycles. The molecule has 0 bridgehead atoms. The lowest BCUT2D eigenvalue weighted by atomic mass is 10.1. The summed E-state index contributed by atoms with van der Waals surface area (Å²) in [6, 6.07) is 13.5. The average molecular weight is 569 g/mol. The highest BCUT2D eigenvalue weighted by atomic mass is 79.9. The van der Waals surface area contributed by atoms with Crippen LogP contribution in [0.5, 0.6) is 0 Å². The van der Waals surface area contributed by atoms with E-state index in [0.29, 0.717) is 27.0 Å². The summed E-state index contributed by atoms with van der Waals surface area (Å²) in [7, 11) is 0. The van der Waals surface area contributed by atoms with Crippen LogP contribution in [0.2, 0.25) is 5.02 Å². The SMILES string of the molecule is O=C(O)c1ccc(-n2cc(CNc3ccc(Br)c(Cl)c3F)c(-c3ccc(C(F)(F)F)cc3)n2)cc1. The lowest BCUT2D eigenvalue weighted by Gasteiger charge is -2.10. The molecule has 0 spiro atoms. The molecule has 1 heterocycles. The molecule has 1 aromatic heterocycles. The summed E-state index contributed by atoms with van der Waals surface area (Å²) in [6.07, 6.45) is -2.85. The Morgan fingerprint density at radius 3 is 2.31 bits per heavy atom. The van der Waals surface area contributed by atoms with E-state index < -0.39 is 23.5 Å². The third-order valence-electron chi connectivity index (χ3n) is 5.16. The Labute approximate surface area is 210 Å².